The lowest BCUT2D eigenvalue weighted by Crippen LogP contribution is -2.40. The lowest BCUT2D eigenvalue weighted by Gasteiger charge is -2.44. The maximum atomic E-state index is 11.0. The molecule has 0 amide bonds. The Bertz CT molecular complexity index is 472. The molecule has 0 bridgehead atoms. The van der Waals surface area contributed by atoms with Crippen molar-refractivity contribution >= 4 is 0 Å². The highest BCUT2D eigenvalue weighted by molar-refractivity contribution is 5.32. The minimum atomic E-state index is -0.435. The standard InChI is InChI=1S/C19H31NO/c1-13(2)16-7-9-19(12-20,10-8-16)18(21)17-6-5-14(3)15(4)11-17/h5-6,11,13,16,18,21H,7-10,12,20H2,1-4H3. The average molecular weight is 289 g/mol. The van der Waals surface area contributed by atoms with E-state index >= 15 is 0 Å². The molecule has 0 radical (unpaired) electrons. The van der Waals surface area contributed by atoms with Gasteiger partial charge in [-0.15, -0.1) is 0 Å². The van der Waals surface area contributed by atoms with Crippen LogP contribution < -0.4 is 5.73 Å². The normalized spacial score (nSPS) is 27.9. The quantitative estimate of drug-likeness (QED) is 0.875. The third-order valence-electron chi connectivity index (χ3n) is 5.80. The van der Waals surface area contributed by atoms with Gasteiger partial charge in [0.2, 0.25) is 0 Å². The number of nitrogens with two attached hydrogens (primary N) is 1. The van der Waals surface area contributed by atoms with Crippen molar-refractivity contribution in [1.82, 2.24) is 0 Å². The van der Waals surface area contributed by atoms with Gasteiger partial charge in [-0.2, -0.15) is 0 Å². The van der Waals surface area contributed by atoms with E-state index in [0.717, 1.165) is 30.2 Å². The summed E-state index contributed by atoms with van der Waals surface area (Å²) in [6.45, 7) is 9.40. The second-order valence-corrected chi connectivity index (χ2v) is 7.39. The van der Waals surface area contributed by atoms with Gasteiger partial charge >= 0.3 is 0 Å². The van der Waals surface area contributed by atoms with Crippen LogP contribution in [-0.4, -0.2) is 11.7 Å². The second-order valence-electron chi connectivity index (χ2n) is 7.39. The zero-order valence-corrected chi connectivity index (χ0v) is 14.0. The largest absolute Gasteiger partial charge is 0.388 e. The fraction of sp³-hybridized carbons (Fsp3) is 0.684. The number of rotatable bonds is 4. The Morgan fingerprint density at radius 2 is 1.81 bits per heavy atom. The molecule has 0 heterocycles. The SMILES string of the molecule is Cc1ccc(C(O)C2(CN)CCC(C(C)C)CC2)cc1C. The highest BCUT2D eigenvalue weighted by atomic mass is 16.3. The number of aryl methyl sites for hydroxylation is 2. The summed E-state index contributed by atoms with van der Waals surface area (Å²) in [5.74, 6) is 1.52. The predicted octanol–water partition coefficient (Wildman–Crippen LogP) is 4.13. The zero-order chi connectivity index (χ0) is 15.6. The Hall–Kier alpha value is -0.860. The molecule has 0 aromatic heterocycles. The topological polar surface area (TPSA) is 46.2 Å². The average Bonchev–Trinajstić information content (AvgIpc) is 2.49. The van der Waals surface area contributed by atoms with Gasteiger partial charge in [0.1, 0.15) is 0 Å². The van der Waals surface area contributed by atoms with E-state index in [4.69, 9.17) is 5.73 Å². The lowest BCUT2D eigenvalue weighted by molar-refractivity contribution is -0.0148. The first-order valence-electron chi connectivity index (χ1n) is 8.35. The summed E-state index contributed by atoms with van der Waals surface area (Å²) in [4.78, 5) is 0. The van der Waals surface area contributed by atoms with E-state index in [0.29, 0.717) is 6.54 Å². The number of hydrogen-bond donors (Lipinski definition) is 2. The van der Waals surface area contributed by atoms with Crippen LogP contribution in [0.25, 0.3) is 0 Å². The van der Waals surface area contributed by atoms with Crippen molar-refractivity contribution in [3.63, 3.8) is 0 Å². The molecule has 0 saturated heterocycles. The van der Waals surface area contributed by atoms with Crippen molar-refractivity contribution in [2.24, 2.45) is 23.0 Å². The van der Waals surface area contributed by atoms with Gasteiger partial charge < -0.3 is 10.8 Å². The van der Waals surface area contributed by atoms with E-state index in [1.165, 1.54) is 24.0 Å². The van der Waals surface area contributed by atoms with Gasteiger partial charge in [-0.3, -0.25) is 0 Å². The molecule has 118 valence electrons. The van der Waals surface area contributed by atoms with Crippen LogP contribution in [0, 0.1) is 31.1 Å². The molecule has 1 atom stereocenters. The molecule has 1 unspecified atom stereocenters. The van der Waals surface area contributed by atoms with Crippen molar-refractivity contribution in [3.05, 3.63) is 34.9 Å². The lowest BCUT2D eigenvalue weighted by atomic mass is 9.64. The minimum absolute atomic E-state index is 0.132. The van der Waals surface area contributed by atoms with Crippen molar-refractivity contribution in [3.8, 4) is 0 Å². The van der Waals surface area contributed by atoms with Gasteiger partial charge in [-0.05, 0) is 68.1 Å². The highest BCUT2D eigenvalue weighted by Crippen LogP contribution is 2.48. The first-order chi connectivity index (χ1) is 9.89. The molecule has 0 aliphatic heterocycles. The second kappa shape index (κ2) is 6.50. The zero-order valence-electron chi connectivity index (χ0n) is 14.0. The fourth-order valence-electron chi connectivity index (χ4n) is 3.76. The van der Waals surface area contributed by atoms with Gasteiger partial charge in [0.15, 0.2) is 0 Å². The summed E-state index contributed by atoms with van der Waals surface area (Å²) in [7, 11) is 0. The Kier molecular flexibility index (Phi) is 5.11. The van der Waals surface area contributed by atoms with Gasteiger partial charge in [0, 0.05) is 12.0 Å². The molecule has 3 N–H and O–H groups in total. The molecular weight excluding hydrogens is 258 g/mol. The van der Waals surface area contributed by atoms with Crippen molar-refractivity contribution in [2.45, 2.75) is 59.5 Å². The van der Waals surface area contributed by atoms with Crippen molar-refractivity contribution < 1.29 is 5.11 Å². The van der Waals surface area contributed by atoms with E-state index in [-0.39, 0.29) is 5.41 Å². The molecule has 0 spiro atoms. The van der Waals surface area contributed by atoms with E-state index in [1.54, 1.807) is 0 Å². The minimum Gasteiger partial charge on any atom is -0.388 e. The summed E-state index contributed by atoms with van der Waals surface area (Å²) < 4.78 is 0. The summed E-state index contributed by atoms with van der Waals surface area (Å²) in [5.41, 5.74) is 9.53. The number of aliphatic hydroxyl groups is 1. The molecule has 2 nitrogen and oxygen atoms in total. The number of benzene rings is 1. The molecule has 1 aliphatic carbocycles. The van der Waals surface area contributed by atoms with Gasteiger partial charge in [-0.1, -0.05) is 32.0 Å². The van der Waals surface area contributed by atoms with E-state index in [1.807, 2.05) is 0 Å². The molecule has 1 fully saturated rings. The predicted molar refractivity (Wildman–Crippen MR) is 89.2 cm³/mol. The maximum absolute atomic E-state index is 11.0. The van der Waals surface area contributed by atoms with E-state index in [9.17, 15) is 5.11 Å². The first-order valence-corrected chi connectivity index (χ1v) is 8.35. The Morgan fingerprint density at radius 1 is 1.19 bits per heavy atom. The van der Waals surface area contributed by atoms with Crippen molar-refractivity contribution in [1.29, 1.82) is 0 Å². The molecule has 2 heteroatoms. The van der Waals surface area contributed by atoms with Crippen LogP contribution in [0.4, 0.5) is 0 Å². The molecule has 2 rings (SSSR count). The van der Waals surface area contributed by atoms with E-state index in [2.05, 4.69) is 45.9 Å². The van der Waals surface area contributed by atoms with Crippen LogP contribution in [0.15, 0.2) is 18.2 Å². The van der Waals surface area contributed by atoms with Gasteiger partial charge in [-0.25, -0.2) is 0 Å². The van der Waals surface area contributed by atoms with Gasteiger partial charge in [0.25, 0.3) is 0 Å². The third-order valence-corrected chi connectivity index (χ3v) is 5.80. The van der Waals surface area contributed by atoms with Gasteiger partial charge in [0.05, 0.1) is 6.10 Å². The smallest absolute Gasteiger partial charge is 0.0858 e. The molecule has 1 aromatic carbocycles. The number of aliphatic hydroxyl groups excluding tert-OH is 1. The summed E-state index contributed by atoms with van der Waals surface area (Å²) in [6, 6.07) is 6.31. The maximum Gasteiger partial charge on any atom is 0.0858 e. The molecule has 21 heavy (non-hydrogen) atoms. The van der Waals surface area contributed by atoms with Crippen LogP contribution in [0.3, 0.4) is 0 Å². The Labute approximate surface area is 129 Å². The third kappa shape index (κ3) is 3.32. The highest BCUT2D eigenvalue weighted by Gasteiger charge is 2.41. The summed E-state index contributed by atoms with van der Waals surface area (Å²) >= 11 is 0. The first kappa shape index (κ1) is 16.5. The summed E-state index contributed by atoms with van der Waals surface area (Å²) in [5, 5.41) is 11.0. The molecule has 1 aromatic rings. The van der Waals surface area contributed by atoms with Crippen LogP contribution in [-0.2, 0) is 0 Å². The van der Waals surface area contributed by atoms with Crippen LogP contribution >= 0.6 is 0 Å². The van der Waals surface area contributed by atoms with E-state index < -0.39 is 6.10 Å². The monoisotopic (exact) mass is 289 g/mol. The van der Waals surface area contributed by atoms with Crippen LogP contribution in [0.2, 0.25) is 0 Å². The van der Waals surface area contributed by atoms with Crippen molar-refractivity contribution in [2.75, 3.05) is 6.54 Å². The Balaban J connectivity index is 2.18. The molecule has 1 saturated carbocycles. The molecular formula is C19H31NO. The Morgan fingerprint density at radius 3 is 2.29 bits per heavy atom. The van der Waals surface area contributed by atoms with Crippen LogP contribution in [0.5, 0.6) is 0 Å². The summed E-state index contributed by atoms with van der Waals surface area (Å²) in [6.07, 6.45) is 4.03. The molecule has 1 aliphatic rings. The fourth-order valence-corrected chi connectivity index (χ4v) is 3.76. The number of hydrogen-bond acceptors (Lipinski definition) is 2. The van der Waals surface area contributed by atoms with Crippen LogP contribution in [0.1, 0.15) is 62.3 Å².